The molecule has 0 aromatic heterocycles. The second-order valence-electron chi connectivity index (χ2n) is 6.06. The van der Waals surface area contributed by atoms with Crippen LogP contribution in [0.4, 0.5) is 0 Å². The van der Waals surface area contributed by atoms with E-state index in [0.717, 1.165) is 16.3 Å². The average molecular weight is 367 g/mol. The number of fused-ring (bicyclic) bond motifs is 1. The molecule has 0 aliphatic carbocycles. The van der Waals surface area contributed by atoms with Gasteiger partial charge >= 0.3 is 0 Å². The van der Waals surface area contributed by atoms with E-state index in [1.54, 1.807) is 24.3 Å². The second-order valence-corrected chi connectivity index (χ2v) is 6.50. The van der Waals surface area contributed by atoms with Gasteiger partial charge in [0.2, 0.25) is 5.91 Å². The summed E-state index contributed by atoms with van der Waals surface area (Å²) in [5, 5.41) is 16.5. The first-order valence-electron chi connectivity index (χ1n) is 8.24. The minimum Gasteiger partial charge on any atom is -0.550 e. The molecule has 26 heavy (non-hydrogen) atoms. The Hall–Kier alpha value is -2.85. The van der Waals surface area contributed by atoms with Crippen LogP contribution in [0.5, 0.6) is 0 Å². The van der Waals surface area contributed by atoms with Gasteiger partial charge in [-0.15, -0.1) is 0 Å². The van der Waals surface area contributed by atoms with E-state index in [-0.39, 0.29) is 18.7 Å². The Morgan fingerprint density at radius 3 is 2.38 bits per heavy atom. The fourth-order valence-corrected chi connectivity index (χ4v) is 3.10. The molecule has 1 N–H and O–H groups in total. The molecule has 3 aromatic carbocycles. The molecule has 1 unspecified atom stereocenters. The average Bonchev–Trinajstić information content (AvgIpc) is 2.62. The van der Waals surface area contributed by atoms with Crippen molar-refractivity contribution in [2.75, 3.05) is 0 Å². The van der Waals surface area contributed by atoms with E-state index in [1.165, 1.54) is 0 Å². The summed E-state index contributed by atoms with van der Waals surface area (Å²) >= 11 is 5.87. The number of carboxylic acid groups (broad SMARTS) is 1. The van der Waals surface area contributed by atoms with Crippen LogP contribution in [0.1, 0.15) is 23.6 Å². The summed E-state index contributed by atoms with van der Waals surface area (Å²) in [4.78, 5) is 23.6. The summed E-state index contributed by atoms with van der Waals surface area (Å²) in [6.07, 6.45) is -0.137. The van der Waals surface area contributed by atoms with Gasteiger partial charge in [0.05, 0.1) is 12.5 Å². The lowest BCUT2D eigenvalue weighted by Crippen LogP contribution is -2.35. The highest BCUT2D eigenvalue weighted by atomic mass is 35.5. The highest BCUT2D eigenvalue weighted by Crippen LogP contribution is 2.21. The van der Waals surface area contributed by atoms with Gasteiger partial charge in [0, 0.05) is 17.4 Å². The number of carbonyl (C=O) groups excluding carboxylic acids is 2. The Balaban J connectivity index is 1.79. The predicted molar refractivity (Wildman–Crippen MR) is 99.6 cm³/mol. The number of hydrogen-bond acceptors (Lipinski definition) is 3. The van der Waals surface area contributed by atoms with Crippen molar-refractivity contribution in [2.24, 2.45) is 0 Å². The molecule has 4 nitrogen and oxygen atoms in total. The van der Waals surface area contributed by atoms with E-state index < -0.39 is 12.0 Å². The minimum atomic E-state index is -1.23. The van der Waals surface area contributed by atoms with Gasteiger partial charge in [-0.2, -0.15) is 0 Å². The van der Waals surface area contributed by atoms with Gasteiger partial charge in [-0.1, -0.05) is 66.2 Å². The summed E-state index contributed by atoms with van der Waals surface area (Å²) in [6.45, 7) is 0. The van der Waals surface area contributed by atoms with E-state index in [2.05, 4.69) is 5.32 Å². The quantitative estimate of drug-likeness (QED) is 0.729. The number of benzene rings is 3. The van der Waals surface area contributed by atoms with Crippen LogP contribution in [0.25, 0.3) is 10.8 Å². The van der Waals surface area contributed by atoms with Crippen LogP contribution < -0.4 is 10.4 Å². The summed E-state index contributed by atoms with van der Waals surface area (Å²) < 4.78 is 0. The third-order valence-corrected chi connectivity index (χ3v) is 4.46. The highest BCUT2D eigenvalue weighted by molar-refractivity contribution is 6.30. The van der Waals surface area contributed by atoms with E-state index in [9.17, 15) is 14.7 Å². The molecular weight excluding hydrogens is 350 g/mol. The molecule has 132 valence electrons. The van der Waals surface area contributed by atoms with Crippen molar-refractivity contribution in [2.45, 2.75) is 18.9 Å². The number of aliphatic carboxylic acids is 1. The molecule has 0 radical (unpaired) electrons. The van der Waals surface area contributed by atoms with Crippen LogP contribution in [0.3, 0.4) is 0 Å². The summed E-state index contributed by atoms with van der Waals surface area (Å²) in [7, 11) is 0. The van der Waals surface area contributed by atoms with Crippen LogP contribution in [0.2, 0.25) is 5.02 Å². The highest BCUT2D eigenvalue weighted by Gasteiger charge is 2.16. The number of halogens is 1. The van der Waals surface area contributed by atoms with Crippen LogP contribution in [0.15, 0.2) is 66.7 Å². The minimum absolute atomic E-state index is 0.165. The first-order chi connectivity index (χ1) is 12.5. The smallest absolute Gasteiger partial charge is 0.224 e. The summed E-state index contributed by atoms with van der Waals surface area (Å²) in [5.41, 5.74) is 1.56. The van der Waals surface area contributed by atoms with E-state index in [4.69, 9.17) is 11.6 Å². The molecule has 0 aliphatic heterocycles. The fourth-order valence-electron chi connectivity index (χ4n) is 2.98. The number of hydrogen-bond donors (Lipinski definition) is 1. The fraction of sp³-hybridized carbons (Fsp3) is 0.143. The SMILES string of the molecule is O=C([O-])CC(NC(=O)Cc1cccc2ccccc12)c1ccc(Cl)cc1. The van der Waals surface area contributed by atoms with Crippen LogP contribution >= 0.6 is 11.6 Å². The van der Waals surface area contributed by atoms with E-state index in [0.29, 0.717) is 10.6 Å². The van der Waals surface area contributed by atoms with E-state index >= 15 is 0 Å². The van der Waals surface area contributed by atoms with Crippen molar-refractivity contribution < 1.29 is 14.7 Å². The lowest BCUT2D eigenvalue weighted by atomic mass is 10.0. The first-order valence-corrected chi connectivity index (χ1v) is 8.62. The molecular formula is C21H17ClNO3-. The normalized spacial score (nSPS) is 11.9. The van der Waals surface area contributed by atoms with Gasteiger partial charge in [0.15, 0.2) is 0 Å². The van der Waals surface area contributed by atoms with Crippen molar-refractivity contribution in [3.05, 3.63) is 82.9 Å². The molecule has 0 fully saturated rings. The molecule has 0 spiro atoms. The maximum absolute atomic E-state index is 12.5. The summed E-state index contributed by atoms with van der Waals surface area (Å²) in [5.74, 6) is -1.47. The number of rotatable bonds is 6. The van der Waals surface area contributed by atoms with Crippen molar-refractivity contribution >= 4 is 34.2 Å². The Kier molecular flexibility index (Phi) is 5.54. The largest absolute Gasteiger partial charge is 0.550 e. The first kappa shape index (κ1) is 18.0. The molecule has 0 aliphatic rings. The topological polar surface area (TPSA) is 69.2 Å². The summed E-state index contributed by atoms with van der Waals surface area (Å²) in [6, 6.07) is 19.7. The number of nitrogens with one attached hydrogen (secondary N) is 1. The molecule has 1 amide bonds. The van der Waals surface area contributed by atoms with Gasteiger partial charge in [-0.25, -0.2) is 0 Å². The molecule has 0 bridgehead atoms. The zero-order valence-electron chi connectivity index (χ0n) is 13.9. The van der Waals surface area contributed by atoms with Gasteiger partial charge < -0.3 is 15.2 Å². The van der Waals surface area contributed by atoms with Crippen LogP contribution in [0, 0.1) is 0 Å². The van der Waals surface area contributed by atoms with Gasteiger partial charge in [-0.3, -0.25) is 4.79 Å². The van der Waals surface area contributed by atoms with Crippen molar-refractivity contribution in [3.63, 3.8) is 0 Å². The standard InChI is InChI=1S/C21H18ClNO3/c22-17-10-8-15(9-11-17)19(13-21(25)26)23-20(24)12-16-6-3-5-14-4-1-2-7-18(14)16/h1-11,19H,12-13H2,(H,23,24)(H,25,26)/p-1. The molecule has 5 heteroatoms. The van der Waals surface area contributed by atoms with Gasteiger partial charge in [0.1, 0.15) is 0 Å². The Morgan fingerprint density at radius 1 is 0.962 bits per heavy atom. The molecule has 0 saturated heterocycles. The number of carbonyl (C=O) groups is 2. The van der Waals surface area contributed by atoms with Gasteiger partial charge in [-0.05, 0) is 34.0 Å². The Morgan fingerprint density at radius 2 is 1.65 bits per heavy atom. The third-order valence-electron chi connectivity index (χ3n) is 4.21. The predicted octanol–water partition coefficient (Wildman–Crippen LogP) is 3.03. The molecule has 3 aromatic rings. The zero-order valence-corrected chi connectivity index (χ0v) is 14.7. The van der Waals surface area contributed by atoms with Crippen molar-refractivity contribution in [3.8, 4) is 0 Å². The number of amides is 1. The van der Waals surface area contributed by atoms with E-state index in [1.807, 2.05) is 42.5 Å². The Labute approximate surface area is 156 Å². The second kappa shape index (κ2) is 8.02. The molecule has 1 atom stereocenters. The zero-order chi connectivity index (χ0) is 18.5. The number of carboxylic acids is 1. The monoisotopic (exact) mass is 366 g/mol. The Bertz CT molecular complexity index is 932. The van der Waals surface area contributed by atoms with Crippen LogP contribution in [-0.2, 0) is 16.0 Å². The lowest BCUT2D eigenvalue weighted by Gasteiger charge is -2.20. The lowest BCUT2D eigenvalue weighted by molar-refractivity contribution is -0.306. The van der Waals surface area contributed by atoms with Crippen LogP contribution in [-0.4, -0.2) is 11.9 Å². The molecule has 3 rings (SSSR count). The van der Waals surface area contributed by atoms with Gasteiger partial charge in [0.25, 0.3) is 0 Å². The molecule has 0 saturated carbocycles. The van der Waals surface area contributed by atoms with Crippen molar-refractivity contribution in [1.29, 1.82) is 0 Å². The third kappa shape index (κ3) is 4.41. The maximum Gasteiger partial charge on any atom is 0.224 e. The van der Waals surface area contributed by atoms with Crippen molar-refractivity contribution in [1.82, 2.24) is 5.32 Å². The molecule has 0 heterocycles. The maximum atomic E-state index is 12.5.